The van der Waals surface area contributed by atoms with Gasteiger partial charge in [0.05, 0.1) is 11.0 Å². The molecule has 5 nitrogen and oxygen atoms in total. The van der Waals surface area contributed by atoms with Crippen molar-refractivity contribution in [3.63, 3.8) is 0 Å². The Morgan fingerprint density at radius 3 is 2.70 bits per heavy atom. The molecule has 4 rings (SSSR count). The summed E-state index contributed by atoms with van der Waals surface area (Å²) in [4.78, 5) is 14.0. The minimum atomic E-state index is -0.349. The highest BCUT2D eigenvalue weighted by atomic mass is 16.6. The summed E-state index contributed by atoms with van der Waals surface area (Å²) in [6.45, 7) is 4.40. The van der Waals surface area contributed by atoms with Crippen molar-refractivity contribution in [3.05, 3.63) is 69.9 Å². The summed E-state index contributed by atoms with van der Waals surface area (Å²) in [5.41, 5.74) is 4.39. The Balaban J connectivity index is 1.87. The van der Waals surface area contributed by atoms with E-state index in [2.05, 4.69) is 36.3 Å². The van der Waals surface area contributed by atoms with Gasteiger partial charge in [-0.1, -0.05) is 32.0 Å². The molecule has 1 aliphatic heterocycles. The van der Waals surface area contributed by atoms with Crippen LogP contribution in [0, 0.1) is 10.1 Å². The van der Waals surface area contributed by atoms with Crippen LogP contribution in [0.5, 0.6) is 0 Å². The number of hydrogen-bond donors (Lipinski definition) is 2. The summed E-state index contributed by atoms with van der Waals surface area (Å²) in [7, 11) is 0. The number of aromatic amines is 1. The third-order valence-corrected chi connectivity index (χ3v) is 4.86. The molecule has 0 spiro atoms. The number of nitro benzene ring substituents is 1. The minimum absolute atomic E-state index is 0.0654. The Labute approximate surface area is 133 Å². The quantitative estimate of drug-likeness (QED) is 0.540. The summed E-state index contributed by atoms with van der Waals surface area (Å²) in [6.07, 6.45) is 1.96. The number of fused-ring (bicyclic) bond motifs is 2. The molecule has 0 saturated heterocycles. The molecular formula is C18H17N3O2. The molecule has 2 heterocycles. The molecule has 116 valence electrons. The van der Waals surface area contributed by atoms with Gasteiger partial charge < -0.3 is 10.3 Å². The van der Waals surface area contributed by atoms with E-state index >= 15 is 0 Å². The molecule has 1 unspecified atom stereocenters. The number of hydrogen-bond acceptors (Lipinski definition) is 3. The highest BCUT2D eigenvalue weighted by molar-refractivity contribution is 5.87. The van der Waals surface area contributed by atoms with E-state index in [1.807, 2.05) is 18.3 Å². The Bertz CT molecular complexity index is 927. The average Bonchev–Trinajstić information content (AvgIpc) is 3.05. The average molecular weight is 307 g/mol. The molecule has 0 radical (unpaired) electrons. The third-order valence-electron chi connectivity index (χ3n) is 4.86. The number of nitro groups is 1. The number of nitrogens with zero attached hydrogens (tertiary/aromatic N) is 1. The monoisotopic (exact) mass is 307 g/mol. The molecule has 1 aromatic heterocycles. The second-order valence-electron chi connectivity index (χ2n) is 6.58. The fraction of sp³-hybridized carbons (Fsp3) is 0.222. The van der Waals surface area contributed by atoms with Gasteiger partial charge in [0, 0.05) is 45.9 Å². The van der Waals surface area contributed by atoms with E-state index in [0.29, 0.717) is 0 Å². The van der Waals surface area contributed by atoms with Crippen LogP contribution in [-0.2, 0) is 5.41 Å². The van der Waals surface area contributed by atoms with E-state index in [1.54, 1.807) is 12.1 Å². The van der Waals surface area contributed by atoms with Crippen LogP contribution in [0.3, 0.4) is 0 Å². The number of rotatable bonds is 2. The summed E-state index contributed by atoms with van der Waals surface area (Å²) < 4.78 is 0. The second-order valence-corrected chi connectivity index (χ2v) is 6.58. The largest absolute Gasteiger partial charge is 0.377 e. The number of H-pyrrole nitrogens is 1. The van der Waals surface area contributed by atoms with E-state index in [9.17, 15) is 10.1 Å². The first kappa shape index (κ1) is 13.8. The summed E-state index contributed by atoms with van der Waals surface area (Å²) in [5, 5.41) is 15.6. The first-order valence-corrected chi connectivity index (χ1v) is 7.60. The number of para-hydroxylation sites is 1. The van der Waals surface area contributed by atoms with Gasteiger partial charge in [-0.25, -0.2) is 0 Å². The topological polar surface area (TPSA) is 71.0 Å². The van der Waals surface area contributed by atoms with Crippen molar-refractivity contribution in [2.24, 2.45) is 0 Å². The van der Waals surface area contributed by atoms with Crippen LogP contribution in [0.15, 0.2) is 48.7 Å². The SMILES string of the molecule is CC1(C)c2ccccc2NC1c1c[nH]c2ccc([N+](=O)[O-])cc12. The summed E-state index contributed by atoms with van der Waals surface area (Å²) >= 11 is 0. The van der Waals surface area contributed by atoms with Crippen LogP contribution in [-0.4, -0.2) is 9.91 Å². The molecule has 0 bridgehead atoms. The van der Waals surface area contributed by atoms with Crippen LogP contribution in [0.4, 0.5) is 11.4 Å². The van der Waals surface area contributed by atoms with Crippen LogP contribution < -0.4 is 5.32 Å². The van der Waals surface area contributed by atoms with Gasteiger partial charge in [-0.15, -0.1) is 0 Å². The maximum Gasteiger partial charge on any atom is 0.270 e. The Morgan fingerprint density at radius 2 is 1.96 bits per heavy atom. The van der Waals surface area contributed by atoms with Gasteiger partial charge in [0.2, 0.25) is 0 Å². The van der Waals surface area contributed by atoms with Gasteiger partial charge in [0.1, 0.15) is 0 Å². The molecule has 3 aromatic rings. The fourth-order valence-corrected chi connectivity index (χ4v) is 3.61. The number of nitrogens with one attached hydrogen (secondary N) is 2. The fourth-order valence-electron chi connectivity index (χ4n) is 3.61. The van der Waals surface area contributed by atoms with Crippen molar-refractivity contribution < 1.29 is 4.92 Å². The van der Waals surface area contributed by atoms with E-state index in [0.717, 1.165) is 22.2 Å². The van der Waals surface area contributed by atoms with E-state index < -0.39 is 0 Å². The van der Waals surface area contributed by atoms with Gasteiger partial charge in [0.25, 0.3) is 5.69 Å². The predicted molar refractivity (Wildman–Crippen MR) is 90.8 cm³/mol. The molecule has 2 aromatic carbocycles. The maximum absolute atomic E-state index is 11.1. The number of non-ortho nitro benzene ring substituents is 1. The molecule has 0 aliphatic carbocycles. The lowest BCUT2D eigenvalue weighted by Gasteiger charge is -2.27. The zero-order valence-corrected chi connectivity index (χ0v) is 13.0. The van der Waals surface area contributed by atoms with E-state index in [-0.39, 0.29) is 22.1 Å². The highest BCUT2D eigenvalue weighted by Gasteiger charge is 2.40. The van der Waals surface area contributed by atoms with Crippen molar-refractivity contribution >= 4 is 22.3 Å². The maximum atomic E-state index is 11.1. The minimum Gasteiger partial charge on any atom is -0.377 e. The lowest BCUT2D eigenvalue weighted by atomic mass is 9.78. The van der Waals surface area contributed by atoms with E-state index in [1.165, 1.54) is 11.6 Å². The van der Waals surface area contributed by atoms with Crippen molar-refractivity contribution in [2.75, 3.05) is 5.32 Å². The Kier molecular flexibility index (Phi) is 2.75. The van der Waals surface area contributed by atoms with Crippen LogP contribution in [0.25, 0.3) is 10.9 Å². The predicted octanol–water partition coefficient (Wildman–Crippen LogP) is 4.52. The molecule has 5 heteroatoms. The molecule has 0 saturated carbocycles. The summed E-state index contributed by atoms with van der Waals surface area (Å²) in [6, 6.07) is 13.3. The van der Waals surface area contributed by atoms with Crippen molar-refractivity contribution in [3.8, 4) is 0 Å². The molecule has 0 fully saturated rings. The molecular weight excluding hydrogens is 290 g/mol. The normalized spacial score (nSPS) is 18.6. The van der Waals surface area contributed by atoms with E-state index in [4.69, 9.17) is 0 Å². The van der Waals surface area contributed by atoms with Gasteiger partial charge in [-0.2, -0.15) is 0 Å². The Hall–Kier alpha value is -2.82. The summed E-state index contributed by atoms with van der Waals surface area (Å²) in [5.74, 6) is 0. The smallest absolute Gasteiger partial charge is 0.270 e. The van der Waals surface area contributed by atoms with Crippen molar-refractivity contribution in [1.29, 1.82) is 0 Å². The lowest BCUT2D eigenvalue weighted by molar-refractivity contribution is -0.384. The van der Waals surface area contributed by atoms with Gasteiger partial charge >= 0.3 is 0 Å². The molecule has 0 amide bonds. The zero-order valence-electron chi connectivity index (χ0n) is 13.0. The van der Waals surface area contributed by atoms with Crippen LogP contribution in [0.1, 0.15) is 31.0 Å². The first-order chi connectivity index (χ1) is 11.0. The number of aromatic nitrogens is 1. The second kappa shape index (κ2) is 4.59. The Morgan fingerprint density at radius 1 is 1.17 bits per heavy atom. The number of benzene rings is 2. The lowest BCUT2D eigenvalue weighted by Crippen LogP contribution is -2.25. The highest BCUT2D eigenvalue weighted by Crippen LogP contribution is 2.49. The third kappa shape index (κ3) is 1.93. The van der Waals surface area contributed by atoms with Crippen molar-refractivity contribution in [1.82, 2.24) is 4.98 Å². The molecule has 1 aliphatic rings. The molecule has 23 heavy (non-hydrogen) atoms. The molecule has 1 atom stereocenters. The zero-order chi connectivity index (χ0) is 16.2. The van der Waals surface area contributed by atoms with Gasteiger partial charge in [-0.05, 0) is 17.7 Å². The van der Waals surface area contributed by atoms with Gasteiger partial charge in [0.15, 0.2) is 0 Å². The van der Waals surface area contributed by atoms with Gasteiger partial charge in [-0.3, -0.25) is 10.1 Å². The number of anilines is 1. The molecule has 2 N–H and O–H groups in total. The van der Waals surface area contributed by atoms with Crippen molar-refractivity contribution in [2.45, 2.75) is 25.3 Å². The first-order valence-electron chi connectivity index (χ1n) is 7.60. The van der Waals surface area contributed by atoms with Crippen LogP contribution in [0.2, 0.25) is 0 Å². The standard InChI is InChI=1S/C18H17N3O2/c1-18(2)14-5-3-4-6-16(14)20-17(18)13-10-19-15-8-7-11(21(22)23)9-12(13)15/h3-10,17,19-20H,1-2H3. The van der Waals surface area contributed by atoms with Crippen LogP contribution >= 0.6 is 0 Å².